The fraction of sp³-hybridized carbons (Fsp3) is 0.357. The Bertz CT molecular complexity index is 1490. The maximum absolute atomic E-state index is 13.1. The first-order valence-electron chi connectivity index (χ1n) is 12.3. The van der Waals surface area contributed by atoms with Crippen LogP contribution in [0.15, 0.2) is 46.6 Å². The van der Waals surface area contributed by atoms with Crippen LogP contribution < -0.4 is 0 Å². The second-order valence-electron chi connectivity index (χ2n) is 9.27. The van der Waals surface area contributed by atoms with Crippen LogP contribution in [0.3, 0.4) is 0 Å². The second kappa shape index (κ2) is 10.8. The van der Waals surface area contributed by atoms with Crippen LogP contribution in [-0.4, -0.2) is 46.6 Å². The molecule has 0 N–H and O–H groups in total. The zero-order chi connectivity index (χ0) is 26.1. The molecule has 1 aromatic carbocycles. The largest absolute Gasteiger partial charge is 0.454 e. The van der Waals surface area contributed by atoms with E-state index in [-0.39, 0.29) is 18.4 Å². The van der Waals surface area contributed by atoms with Gasteiger partial charge in [0.2, 0.25) is 5.78 Å². The number of rotatable bonds is 9. The molecule has 1 aliphatic carbocycles. The molecule has 0 amide bonds. The maximum atomic E-state index is 13.1. The average molecular weight is 536 g/mol. The number of methoxy groups -OCH3 is 1. The highest BCUT2D eigenvalue weighted by Crippen LogP contribution is 2.42. The Balaban J connectivity index is 1.33. The van der Waals surface area contributed by atoms with Crippen molar-refractivity contribution in [2.24, 2.45) is 0 Å². The molecule has 5 rings (SSSR count). The van der Waals surface area contributed by atoms with Gasteiger partial charge in [0.25, 0.3) is 0 Å². The van der Waals surface area contributed by atoms with E-state index in [1.165, 1.54) is 22.2 Å². The number of carbonyl (C=O) groups excluding carboxylic acids is 2. The molecule has 0 saturated carbocycles. The van der Waals surface area contributed by atoms with E-state index in [0.717, 1.165) is 50.8 Å². The van der Waals surface area contributed by atoms with E-state index in [4.69, 9.17) is 9.47 Å². The molecule has 9 heteroatoms. The van der Waals surface area contributed by atoms with Gasteiger partial charge in [0.1, 0.15) is 16.2 Å². The number of thiophene rings is 1. The second-order valence-corrected chi connectivity index (χ2v) is 11.4. The zero-order valence-electron chi connectivity index (χ0n) is 21.4. The molecule has 1 unspecified atom stereocenters. The van der Waals surface area contributed by atoms with E-state index < -0.39 is 5.97 Å². The summed E-state index contributed by atoms with van der Waals surface area (Å²) in [6, 6.07) is 9.23. The number of nitrogens with zero attached hydrogens (tertiary/aromatic N) is 3. The summed E-state index contributed by atoms with van der Waals surface area (Å²) in [5, 5.41) is 1.94. The van der Waals surface area contributed by atoms with Crippen molar-refractivity contribution in [2.75, 3.05) is 20.3 Å². The standard InChI is InChI=1S/C28H29N3O4S2/c1-16-12-21(18(3)31(16)17(2)13-34-4)22(32)14-35-28(33)20-8-5-6-10-24(20)37-27-25-19-9-7-11-23(19)36-26(25)29-15-30-27/h5-6,8,10,12,15,17H,7,9,11,13-14H2,1-4H3. The SMILES string of the molecule is COCC(C)n1c(C)cc(C(=O)COC(=O)c2ccccc2Sc2ncnc3sc4c(c23)CCC4)c1C. The summed E-state index contributed by atoms with van der Waals surface area (Å²) in [6.45, 7) is 6.13. The molecule has 0 aliphatic heterocycles. The van der Waals surface area contributed by atoms with Crippen molar-refractivity contribution in [2.45, 2.75) is 56.0 Å². The summed E-state index contributed by atoms with van der Waals surface area (Å²) in [6.07, 6.45) is 4.86. The molecule has 3 heterocycles. The predicted octanol–water partition coefficient (Wildman–Crippen LogP) is 6.00. The van der Waals surface area contributed by atoms with Crippen LogP contribution in [-0.2, 0) is 22.3 Å². The quantitative estimate of drug-likeness (QED) is 0.148. The van der Waals surface area contributed by atoms with Crippen molar-refractivity contribution in [1.29, 1.82) is 0 Å². The topological polar surface area (TPSA) is 83.3 Å². The van der Waals surface area contributed by atoms with E-state index in [1.54, 1.807) is 36.9 Å². The van der Waals surface area contributed by atoms with Gasteiger partial charge in [0.15, 0.2) is 6.61 Å². The zero-order valence-corrected chi connectivity index (χ0v) is 23.0. The van der Waals surface area contributed by atoms with Crippen LogP contribution >= 0.6 is 23.1 Å². The Labute approximate surface area is 224 Å². The van der Waals surface area contributed by atoms with Crippen molar-refractivity contribution in [3.63, 3.8) is 0 Å². The number of fused-ring (bicyclic) bond motifs is 3. The molecule has 0 radical (unpaired) electrons. The van der Waals surface area contributed by atoms with Gasteiger partial charge in [-0.25, -0.2) is 14.8 Å². The molecule has 1 aliphatic rings. The Hall–Kier alpha value is -3.01. The van der Waals surface area contributed by atoms with E-state index in [0.29, 0.717) is 17.7 Å². The van der Waals surface area contributed by atoms with Gasteiger partial charge < -0.3 is 14.0 Å². The minimum atomic E-state index is -0.529. The van der Waals surface area contributed by atoms with Crippen LogP contribution in [0.25, 0.3) is 10.2 Å². The first-order valence-corrected chi connectivity index (χ1v) is 13.9. The molecule has 192 valence electrons. The van der Waals surface area contributed by atoms with Gasteiger partial charge in [-0.15, -0.1) is 11.3 Å². The van der Waals surface area contributed by atoms with Gasteiger partial charge in [-0.05, 0) is 63.8 Å². The molecule has 3 aromatic heterocycles. The summed E-state index contributed by atoms with van der Waals surface area (Å²) in [5.74, 6) is -0.757. The van der Waals surface area contributed by atoms with Gasteiger partial charge in [-0.3, -0.25) is 4.79 Å². The third kappa shape index (κ3) is 4.95. The van der Waals surface area contributed by atoms with Crippen LogP contribution in [0.2, 0.25) is 0 Å². The lowest BCUT2D eigenvalue weighted by Gasteiger charge is -2.17. The summed E-state index contributed by atoms with van der Waals surface area (Å²) < 4.78 is 12.9. The Morgan fingerprint density at radius 3 is 2.78 bits per heavy atom. The molecule has 4 aromatic rings. The average Bonchev–Trinajstić information content (AvgIpc) is 3.56. The van der Waals surface area contributed by atoms with E-state index in [2.05, 4.69) is 14.5 Å². The van der Waals surface area contributed by atoms with Crippen molar-refractivity contribution >= 4 is 45.1 Å². The number of carbonyl (C=O) groups is 2. The van der Waals surface area contributed by atoms with Crippen LogP contribution in [0.5, 0.6) is 0 Å². The fourth-order valence-corrected chi connectivity index (χ4v) is 7.48. The van der Waals surface area contributed by atoms with Gasteiger partial charge in [0, 0.05) is 39.2 Å². The van der Waals surface area contributed by atoms with Crippen LogP contribution in [0.1, 0.15) is 61.9 Å². The Kier molecular flexibility index (Phi) is 7.46. The summed E-state index contributed by atoms with van der Waals surface area (Å²) in [5.41, 5.74) is 4.12. The lowest BCUT2D eigenvalue weighted by atomic mass is 10.1. The molecule has 0 spiro atoms. The minimum Gasteiger partial charge on any atom is -0.454 e. The first kappa shape index (κ1) is 25.6. The number of aromatic nitrogens is 3. The molecule has 0 bridgehead atoms. The highest BCUT2D eigenvalue weighted by molar-refractivity contribution is 7.99. The smallest absolute Gasteiger partial charge is 0.339 e. The third-order valence-electron chi connectivity index (χ3n) is 6.75. The molecule has 0 saturated heterocycles. The number of ketones is 1. The van der Waals surface area contributed by atoms with Crippen molar-refractivity contribution in [3.05, 3.63) is 69.6 Å². The molecular formula is C28H29N3O4S2. The number of aryl methyl sites for hydroxylation is 3. The van der Waals surface area contributed by atoms with Crippen molar-refractivity contribution in [3.8, 4) is 0 Å². The number of Topliss-reactive ketones (excluding diaryl/α,β-unsaturated/α-hetero) is 1. The highest BCUT2D eigenvalue weighted by Gasteiger charge is 2.24. The monoisotopic (exact) mass is 535 g/mol. The summed E-state index contributed by atoms with van der Waals surface area (Å²) in [4.78, 5) is 38.3. The normalized spacial score (nSPS) is 13.6. The minimum absolute atomic E-state index is 0.0933. The number of hydrogen-bond donors (Lipinski definition) is 0. The Morgan fingerprint density at radius 2 is 1.97 bits per heavy atom. The first-order chi connectivity index (χ1) is 17.9. The molecule has 0 fully saturated rings. The molecular weight excluding hydrogens is 506 g/mol. The molecule has 7 nitrogen and oxygen atoms in total. The van der Waals surface area contributed by atoms with Gasteiger partial charge in [0.05, 0.1) is 18.2 Å². The van der Waals surface area contributed by atoms with Crippen molar-refractivity contribution < 1.29 is 19.1 Å². The van der Waals surface area contributed by atoms with E-state index in [1.807, 2.05) is 39.0 Å². The summed E-state index contributed by atoms with van der Waals surface area (Å²) in [7, 11) is 1.66. The van der Waals surface area contributed by atoms with Gasteiger partial charge >= 0.3 is 5.97 Å². The van der Waals surface area contributed by atoms with Crippen LogP contribution in [0, 0.1) is 13.8 Å². The maximum Gasteiger partial charge on any atom is 0.339 e. The van der Waals surface area contributed by atoms with Crippen LogP contribution in [0.4, 0.5) is 0 Å². The lowest BCUT2D eigenvalue weighted by molar-refractivity contribution is 0.0471. The van der Waals surface area contributed by atoms with Gasteiger partial charge in [-0.1, -0.05) is 23.9 Å². The Morgan fingerprint density at radius 1 is 1.16 bits per heavy atom. The molecule has 1 atom stereocenters. The number of esters is 1. The van der Waals surface area contributed by atoms with Gasteiger partial charge in [-0.2, -0.15) is 0 Å². The van der Waals surface area contributed by atoms with E-state index in [9.17, 15) is 9.59 Å². The fourth-order valence-electron chi connectivity index (χ4n) is 5.15. The lowest BCUT2D eigenvalue weighted by Crippen LogP contribution is -2.17. The molecule has 37 heavy (non-hydrogen) atoms. The predicted molar refractivity (Wildman–Crippen MR) is 145 cm³/mol. The third-order valence-corrected chi connectivity index (χ3v) is 9.03. The number of ether oxygens (including phenoxy) is 2. The van der Waals surface area contributed by atoms with E-state index >= 15 is 0 Å². The number of hydrogen-bond acceptors (Lipinski definition) is 8. The summed E-state index contributed by atoms with van der Waals surface area (Å²) >= 11 is 3.18. The van der Waals surface area contributed by atoms with Crippen molar-refractivity contribution in [1.82, 2.24) is 14.5 Å². The number of benzene rings is 1. The highest BCUT2D eigenvalue weighted by atomic mass is 32.2.